The van der Waals surface area contributed by atoms with Crippen LogP contribution in [0.5, 0.6) is 23.0 Å². The molecular weight excluding hydrogens is 412 g/mol. The first-order valence-corrected chi connectivity index (χ1v) is 10.8. The number of hydrogen-bond donors (Lipinski definition) is 3. The predicted molar refractivity (Wildman–Crippen MR) is 121 cm³/mol. The van der Waals surface area contributed by atoms with E-state index in [9.17, 15) is 24.9 Å². The van der Waals surface area contributed by atoms with Gasteiger partial charge in [0.15, 0.2) is 5.78 Å². The molecule has 0 unspecified atom stereocenters. The largest absolute Gasteiger partial charge is 0.507 e. The average molecular weight is 443 g/mol. The number of hydrogen-bond acceptors (Lipinski definition) is 7. The number of benzene rings is 1. The van der Waals surface area contributed by atoms with E-state index in [0.717, 1.165) is 0 Å². The number of phenolic OH excluding ortho intramolecular Hbond substituents is 2. The first kappa shape index (κ1) is 23.4. The lowest BCUT2D eigenvalue weighted by atomic mass is 9.87. The molecular formula is C25H30O7. The number of fused-ring (bicyclic) bond motifs is 1. The number of ether oxygens (including phenoxy) is 1. The number of Topliss-reactive ketones (excluding diaryl/α,β-unsaturated/α-hetero) is 1. The maximum atomic E-state index is 13.0. The Morgan fingerprint density at radius 2 is 1.75 bits per heavy atom. The van der Waals surface area contributed by atoms with Crippen LogP contribution in [-0.2, 0) is 12.8 Å². The topological polar surface area (TPSA) is 117 Å². The molecule has 1 aliphatic rings. The zero-order valence-electron chi connectivity index (χ0n) is 19.3. The van der Waals surface area contributed by atoms with Crippen molar-refractivity contribution in [2.24, 2.45) is 5.92 Å². The molecule has 1 aromatic heterocycles. The van der Waals surface area contributed by atoms with Gasteiger partial charge in [0.1, 0.15) is 39.9 Å². The zero-order chi connectivity index (χ0) is 24.0. The third-order valence-electron chi connectivity index (χ3n) is 6.05. The van der Waals surface area contributed by atoms with Gasteiger partial charge in [-0.05, 0) is 39.3 Å². The van der Waals surface area contributed by atoms with Crippen LogP contribution in [-0.4, -0.2) is 26.7 Å². The second-order valence-corrected chi connectivity index (χ2v) is 8.80. The molecule has 7 heteroatoms. The van der Waals surface area contributed by atoms with Crippen molar-refractivity contribution in [2.45, 2.75) is 66.4 Å². The van der Waals surface area contributed by atoms with E-state index in [4.69, 9.17) is 9.15 Å². The lowest BCUT2D eigenvalue weighted by molar-refractivity contribution is 0.0921. The van der Waals surface area contributed by atoms with Crippen molar-refractivity contribution in [1.82, 2.24) is 0 Å². The maximum absolute atomic E-state index is 13.0. The number of carbonyl (C=O) groups is 1. The van der Waals surface area contributed by atoms with Crippen molar-refractivity contribution in [3.8, 4) is 23.0 Å². The number of phenols is 2. The number of carbonyl (C=O) groups excluding carboxylic acids is 1. The number of aryl methyl sites for hydroxylation is 1. The van der Waals surface area contributed by atoms with Crippen LogP contribution in [0.1, 0.15) is 79.4 Å². The number of ketones is 1. The maximum Gasteiger partial charge on any atom is 0.343 e. The van der Waals surface area contributed by atoms with E-state index in [1.54, 1.807) is 39.8 Å². The molecule has 2 heterocycles. The Morgan fingerprint density at radius 3 is 2.34 bits per heavy atom. The molecule has 3 rings (SSSR count). The molecule has 2 aromatic rings. The van der Waals surface area contributed by atoms with E-state index in [2.05, 4.69) is 0 Å². The first-order chi connectivity index (χ1) is 14.9. The molecule has 0 amide bonds. The van der Waals surface area contributed by atoms with Crippen LogP contribution < -0.4 is 10.4 Å². The molecule has 1 aromatic carbocycles. The summed E-state index contributed by atoms with van der Waals surface area (Å²) in [5.74, 6) is -1.38. The smallest absolute Gasteiger partial charge is 0.343 e. The van der Waals surface area contributed by atoms with Gasteiger partial charge in [0.25, 0.3) is 0 Å². The molecule has 1 atom stereocenters. The molecule has 0 fully saturated rings. The standard InChI is InChI=1S/C25H30O7/c1-7-12(3)19(26)18-21(28)14-9-10-25(5,6)32-23(14)15(22(18)29)11-16-20(27)13(4)17(8-2)31-24(16)30/h9-10,12,27-29H,7-8,11H2,1-6H3/t12-/m1/s1. The van der Waals surface area contributed by atoms with Crippen molar-refractivity contribution in [1.29, 1.82) is 0 Å². The molecule has 1 aliphatic heterocycles. The molecule has 172 valence electrons. The quantitative estimate of drug-likeness (QED) is 0.558. The van der Waals surface area contributed by atoms with Gasteiger partial charge in [0.05, 0.1) is 11.1 Å². The SMILES string of the molecule is CCc1oc(=O)c(Cc2c(O)c(C(=O)[C@H](C)CC)c(O)c3c2OC(C)(C)C=C3)c(O)c1C. The van der Waals surface area contributed by atoms with Gasteiger partial charge in [0.2, 0.25) is 0 Å². The molecule has 0 saturated heterocycles. The van der Waals surface area contributed by atoms with Crippen LogP contribution in [0.2, 0.25) is 0 Å². The van der Waals surface area contributed by atoms with Crippen molar-refractivity contribution in [2.75, 3.05) is 0 Å². The van der Waals surface area contributed by atoms with Gasteiger partial charge in [-0.1, -0.05) is 20.8 Å². The third-order valence-corrected chi connectivity index (χ3v) is 6.05. The Morgan fingerprint density at radius 1 is 1.09 bits per heavy atom. The van der Waals surface area contributed by atoms with Gasteiger partial charge in [0, 0.05) is 29.9 Å². The monoisotopic (exact) mass is 442 g/mol. The van der Waals surface area contributed by atoms with Crippen molar-refractivity contribution >= 4 is 11.9 Å². The minimum absolute atomic E-state index is 0.0548. The van der Waals surface area contributed by atoms with Gasteiger partial charge in [-0.25, -0.2) is 4.79 Å². The van der Waals surface area contributed by atoms with Crippen molar-refractivity contribution in [3.63, 3.8) is 0 Å². The normalized spacial score (nSPS) is 15.2. The van der Waals surface area contributed by atoms with Gasteiger partial charge in [-0.2, -0.15) is 0 Å². The molecule has 0 aliphatic carbocycles. The number of rotatable bonds is 6. The summed E-state index contributed by atoms with van der Waals surface area (Å²) in [5, 5.41) is 32.7. The minimum Gasteiger partial charge on any atom is -0.507 e. The van der Waals surface area contributed by atoms with Crippen LogP contribution in [0, 0.1) is 12.8 Å². The van der Waals surface area contributed by atoms with Gasteiger partial charge in [-0.3, -0.25) is 4.79 Å². The third kappa shape index (κ3) is 3.87. The van der Waals surface area contributed by atoms with Crippen molar-refractivity contribution in [3.05, 3.63) is 50.1 Å². The highest BCUT2D eigenvalue weighted by Crippen LogP contribution is 2.48. The molecule has 3 N–H and O–H groups in total. The second kappa shape index (κ2) is 8.37. The van der Waals surface area contributed by atoms with Crippen LogP contribution in [0.25, 0.3) is 6.08 Å². The van der Waals surface area contributed by atoms with Gasteiger partial charge < -0.3 is 24.5 Å². The second-order valence-electron chi connectivity index (χ2n) is 8.80. The molecule has 0 radical (unpaired) electrons. The zero-order valence-corrected chi connectivity index (χ0v) is 19.3. The molecule has 32 heavy (non-hydrogen) atoms. The summed E-state index contributed by atoms with van der Waals surface area (Å²) < 4.78 is 11.4. The summed E-state index contributed by atoms with van der Waals surface area (Å²) in [6.07, 6.45) is 4.09. The van der Waals surface area contributed by atoms with Crippen molar-refractivity contribution < 1.29 is 29.3 Å². The highest BCUT2D eigenvalue weighted by molar-refractivity contribution is 6.04. The van der Waals surface area contributed by atoms with E-state index in [-0.39, 0.29) is 45.9 Å². The van der Waals surface area contributed by atoms with E-state index in [0.29, 0.717) is 24.2 Å². The van der Waals surface area contributed by atoms with Gasteiger partial charge in [-0.15, -0.1) is 0 Å². The first-order valence-electron chi connectivity index (χ1n) is 10.8. The van der Waals surface area contributed by atoms with Crippen LogP contribution in [0.4, 0.5) is 0 Å². The summed E-state index contributed by atoms with van der Waals surface area (Å²) in [7, 11) is 0. The van der Waals surface area contributed by atoms with E-state index in [1.807, 2.05) is 13.8 Å². The summed E-state index contributed by atoms with van der Waals surface area (Å²) in [6, 6.07) is 0. The Bertz CT molecular complexity index is 1170. The lowest BCUT2D eigenvalue weighted by Gasteiger charge is -2.31. The summed E-state index contributed by atoms with van der Waals surface area (Å²) in [6.45, 7) is 10.6. The summed E-state index contributed by atoms with van der Waals surface area (Å²) in [5.41, 5.74) is -0.939. The fourth-order valence-electron chi connectivity index (χ4n) is 3.83. The fraction of sp³-hybridized carbons (Fsp3) is 0.440. The predicted octanol–water partition coefficient (Wildman–Crippen LogP) is 4.63. The lowest BCUT2D eigenvalue weighted by Crippen LogP contribution is -2.29. The minimum atomic E-state index is -0.752. The number of aromatic hydroxyl groups is 3. The molecule has 7 nitrogen and oxygen atoms in total. The van der Waals surface area contributed by atoms with E-state index < -0.39 is 28.7 Å². The average Bonchev–Trinajstić information content (AvgIpc) is 2.74. The highest BCUT2D eigenvalue weighted by atomic mass is 16.5. The summed E-state index contributed by atoms with van der Waals surface area (Å²) in [4.78, 5) is 25.6. The summed E-state index contributed by atoms with van der Waals surface area (Å²) >= 11 is 0. The van der Waals surface area contributed by atoms with Crippen LogP contribution >= 0.6 is 0 Å². The molecule has 0 bridgehead atoms. The van der Waals surface area contributed by atoms with Gasteiger partial charge >= 0.3 is 5.63 Å². The van der Waals surface area contributed by atoms with Crippen LogP contribution in [0.3, 0.4) is 0 Å². The van der Waals surface area contributed by atoms with E-state index in [1.165, 1.54) is 0 Å². The van der Waals surface area contributed by atoms with Crippen LogP contribution in [0.15, 0.2) is 15.3 Å². The molecule has 0 spiro atoms. The Labute approximate surface area is 187 Å². The fourth-order valence-corrected chi connectivity index (χ4v) is 3.83. The Balaban J connectivity index is 2.31. The Kier molecular flexibility index (Phi) is 6.13. The van der Waals surface area contributed by atoms with E-state index >= 15 is 0 Å². The Hall–Kier alpha value is -3.22. The molecule has 0 saturated carbocycles. The highest BCUT2D eigenvalue weighted by Gasteiger charge is 2.34.